The molecule has 7 nitrogen and oxygen atoms in total. The van der Waals surface area contributed by atoms with E-state index in [-0.39, 0.29) is 0 Å². The predicted molar refractivity (Wildman–Crippen MR) is 281 cm³/mol. The lowest BCUT2D eigenvalue weighted by atomic mass is 10.0. The summed E-state index contributed by atoms with van der Waals surface area (Å²) in [6, 6.07) is 23.8. The van der Waals surface area contributed by atoms with Crippen LogP contribution in [0.4, 0.5) is 5.69 Å². The molecule has 0 spiro atoms. The second kappa shape index (κ2) is 27.5. The maximum Gasteiger partial charge on any atom is 0.129 e. The molecule has 0 aliphatic carbocycles. The molecule has 0 aliphatic heterocycles. The fourth-order valence-electron chi connectivity index (χ4n) is 5.81. The molecule has 4 aromatic carbocycles. The van der Waals surface area contributed by atoms with Crippen LogP contribution in [0.2, 0.25) is 19.6 Å². The highest BCUT2D eigenvalue weighted by Gasteiger charge is 2.12. The van der Waals surface area contributed by atoms with Crippen molar-refractivity contribution >= 4 is 13.8 Å². The Labute approximate surface area is 405 Å². The number of ether oxygens (including phenoxy) is 4. The van der Waals surface area contributed by atoms with E-state index < -0.39 is 8.07 Å². The summed E-state index contributed by atoms with van der Waals surface area (Å²) < 4.78 is 25.0. The summed E-state index contributed by atoms with van der Waals surface area (Å²) in [5.74, 6) is 28.9. The normalized spacial score (nSPS) is 12.7. The third-order valence-corrected chi connectivity index (χ3v) is 12.3. The van der Waals surface area contributed by atoms with Crippen LogP contribution in [0, 0.1) is 70.7 Å². The number of rotatable bonds is 20. The molecule has 0 fully saturated rings. The standard InChI is InChI=1S/C59H75N3O4Si/c1-14-44(7)40-63-55-30-26-48(21-24-54-38-57(65-42-46(9)16-3)32-28-50(54)34-35-67(11,12)13)52(36-55)23-20-49-27-31-56(64-41-45(8)15-2)37-53(49)25-22-51-29-33-58(66-43-47(10)17-4)39-59(51)60-61-62(18-5)19-6/h26-33,36-39,44-47H,14-19,40-43H2,1-13H3/t44-,45-,46-,47-/m0/s1. The summed E-state index contributed by atoms with van der Waals surface area (Å²) in [4.78, 5) is 0. The van der Waals surface area contributed by atoms with Crippen LogP contribution in [0.15, 0.2) is 83.1 Å². The first-order valence-corrected chi connectivity index (χ1v) is 28.0. The number of hydrogen-bond acceptors (Lipinski definition) is 6. The third-order valence-electron chi connectivity index (χ3n) is 11.4. The van der Waals surface area contributed by atoms with Gasteiger partial charge >= 0.3 is 0 Å². The third kappa shape index (κ3) is 18.6. The first kappa shape index (κ1) is 53.6. The van der Waals surface area contributed by atoms with Crippen LogP contribution in [0.5, 0.6) is 23.0 Å². The fraction of sp³-hybridized carbons (Fsp3) is 0.458. The van der Waals surface area contributed by atoms with Crippen molar-refractivity contribution < 1.29 is 18.9 Å². The number of nitrogens with zero attached hydrogens (tertiary/aromatic N) is 3. The van der Waals surface area contributed by atoms with Crippen molar-refractivity contribution in [2.24, 2.45) is 34.0 Å². The Morgan fingerprint density at radius 3 is 1.09 bits per heavy atom. The molecule has 4 rings (SSSR count). The zero-order valence-corrected chi connectivity index (χ0v) is 43.8. The van der Waals surface area contributed by atoms with Crippen LogP contribution in [0.3, 0.4) is 0 Å². The van der Waals surface area contributed by atoms with Crippen molar-refractivity contribution in [2.75, 3.05) is 39.5 Å². The first-order valence-electron chi connectivity index (χ1n) is 24.5. The van der Waals surface area contributed by atoms with Crippen LogP contribution < -0.4 is 18.9 Å². The lowest BCUT2D eigenvalue weighted by Crippen LogP contribution is -2.16. The summed E-state index contributed by atoms with van der Waals surface area (Å²) >= 11 is 0. The van der Waals surface area contributed by atoms with E-state index in [2.05, 4.69) is 146 Å². The molecule has 0 radical (unpaired) electrons. The Morgan fingerprint density at radius 1 is 0.433 bits per heavy atom. The van der Waals surface area contributed by atoms with Gasteiger partial charge in [0.05, 0.1) is 32.0 Å². The average Bonchev–Trinajstić information content (AvgIpc) is 3.33. The molecule has 8 heteroatoms. The molecular weight excluding hydrogens is 843 g/mol. The van der Waals surface area contributed by atoms with Crippen LogP contribution in [0.1, 0.15) is 134 Å². The summed E-state index contributed by atoms with van der Waals surface area (Å²) in [6.45, 7) is 32.3. The van der Waals surface area contributed by atoms with Crippen molar-refractivity contribution in [2.45, 2.75) is 115 Å². The average molecular weight is 918 g/mol. The van der Waals surface area contributed by atoms with E-state index in [1.165, 1.54) is 0 Å². The molecule has 0 N–H and O–H groups in total. The van der Waals surface area contributed by atoms with Gasteiger partial charge in [-0.25, -0.2) is 0 Å². The predicted octanol–water partition coefficient (Wildman–Crippen LogP) is 14.2. The minimum absolute atomic E-state index is 0.409. The molecule has 0 unspecified atom stereocenters. The second-order valence-electron chi connectivity index (χ2n) is 18.7. The summed E-state index contributed by atoms with van der Waals surface area (Å²) in [6.07, 6.45) is 4.13. The molecule has 0 aliphatic rings. The summed E-state index contributed by atoms with van der Waals surface area (Å²) in [7, 11) is -1.65. The smallest absolute Gasteiger partial charge is 0.129 e. The summed E-state index contributed by atoms with van der Waals surface area (Å²) in [5, 5.41) is 11.1. The maximum atomic E-state index is 6.29. The maximum absolute atomic E-state index is 6.29. The number of benzene rings is 4. The van der Waals surface area contributed by atoms with Gasteiger partial charge in [0.2, 0.25) is 0 Å². The highest BCUT2D eigenvalue weighted by Crippen LogP contribution is 2.28. The van der Waals surface area contributed by atoms with Crippen molar-refractivity contribution in [3.63, 3.8) is 0 Å². The largest absolute Gasteiger partial charge is 0.493 e. The molecule has 0 amide bonds. The van der Waals surface area contributed by atoms with E-state index in [0.717, 1.165) is 101 Å². The van der Waals surface area contributed by atoms with Gasteiger partial charge in [0, 0.05) is 52.5 Å². The highest BCUT2D eigenvalue weighted by molar-refractivity contribution is 6.83. The van der Waals surface area contributed by atoms with E-state index in [9.17, 15) is 0 Å². The van der Waals surface area contributed by atoms with E-state index in [1.807, 2.05) is 77.8 Å². The van der Waals surface area contributed by atoms with Gasteiger partial charge in [-0.15, -0.1) is 10.7 Å². The highest BCUT2D eigenvalue weighted by atomic mass is 28.3. The van der Waals surface area contributed by atoms with E-state index in [1.54, 1.807) is 0 Å². The molecule has 0 bridgehead atoms. The van der Waals surface area contributed by atoms with Crippen molar-refractivity contribution in [3.05, 3.63) is 112 Å². The monoisotopic (exact) mass is 918 g/mol. The van der Waals surface area contributed by atoms with Gasteiger partial charge in [0.25, 0.3) is 0 Å². The zero-order chi connectivity index (χ0) is 48.8. The molecule has 4 atom stereocenters. The molecule has 0 heterocycles. The molecule has 0 aromatic heterocycles. The summed E-state index contributed by atoms with van der Waals surface area (Å²) in [5.41, 5.74) is 9.60. The molecule has 4 aromatic rings. The second-order valence-corrected chi connectivity index (χ2v) is 23.4. The molecule has 0 saturated heterocycles. The van der Waals surface area contributed by atoms with Gasteiger partial charge < -0.3 is 18.9 Å². The van der Waals surface area contributed by atoms with Gasteiger partial charge in [-0.3, -0.25) is 5.01 Å². The zero-order valence-electron chi connectivity index (χ0n) is 42.8. The Morgan fingerprint density at radius 2 is 0.746 bits per heavy atom. The lowest BCUT2D eigenvalue weighted by molar-refractivity contribution is 0.256. The van der Waals surface area contributed by atoms with Crippen LogP contribution in [-0.2, 0) is 0 Å². The molecule has 354 valence electrons. The van der Waals surface area contributed by atoms with E-state index in [4.69, 9.17) is 18.9 Å². The van der Waals surface area contributed by atoms with Crippen LogP contribution >= 0.6 is 0 Å². The first-order chi connectivity index (χ1) is 32.2. The number of hydrogen-bond donors (Lipinski definition) is 0. The van der Waals surface area contributed by atoms with Crippen LogP contribution in [-0.4, -0.2) is 52.6 Å². The van der Waals surface area contributed by atoms with Crippen molar-refractivity contribution in [1.82, 2.24) is 5.01 Å². The van der Waals surface area contributed by atoms with Gasteiger partial charge in [-0.1, -0.05) is 147 Å². The topological polar surface area (TPSA) is 64.9 Å². The Balaban J connectivity index is 1.88. The molecular formula is C59H75N3O4Si. The van der Waals surface area contributed by atoms with Crippen LogP contribution in [0.25, 0.3) is 0 Å². The van der Waals surface area contributed by atoms with E-state index >= 15 is 0 Å². The Kier molecular flexibility index (Phi) is 22.0. The quantitative estimate of drug-likeness (QED) is 0.0382. The van der Waals surface area contributed by atoms with Gasteiger partial charge in [0.1, 0.15) is 36.8 Å². The Bertz CT molecular complexity index is 2510. The van der Waals surface area contributed by atoms with Gasteiger partial charge in [0.15, 0.2) is 0 Å². The molecule has 67 heavy (non-hydrogen) atoms. The van der Waals surface area contributed by atoms with E-state index in [0.29, 0.717) is 55.8 Å². The minimum atomic E-state index is -1.65. The van der Waals surface area contributed by atoms with Gasteiger partial charge in [-0.2, -0.15) is 0 Å². The van der Waals surface area contributed by atoms with Crippen molar-refractivity contribution in [3.8, 4) is 70.0 Å². The van der Waals surface area contributed by atoms with Gasteiger partial charge in [-0.05, 0) is 104 Å². The SMILES string of the molecule is CC[C@H](C)COc1ccc(C#Cc2cc(OC[C@@H](C)CC)ccc2C#C[Si](C)(C)C)c(C#Cc2ccc(OC[C@@H](C)CC)cc2C#Cc2ccc(OC[C@@H](C)CC)cc2N=NN(CC)CC)c1. The lowest BCUT2D eigenvalue weighted by Gasteiger charge is -2.13. The van der Waals surface area contributed by atoms with Crippen molar-refractivity contribution in [1.29, 1.82) is 0 Å². The molecule has 0 saturated carbocycles. The fourth-order valence-corrected chi connectivity index (χ4v) is 6.32. The minimum Gasteiger partial charge on any atom is -0.493 e. The Hall–Kier alpha value is -6.06.